The molecule has 1 saturated heterocycles. The van der Waals surface area contributed by atoms with Crippen molar-refractivity contribution in [2.24, 2.45) is 0 Å². The minimum absolute atomic E-state index is 0.0453. The van der Waals surface area contributed by atoms with E-state index in [4.69, 9.17) is 11.6 Å². The monoisotopic (exact) mass is 394 g/mol. The maximum atomic E-state index is 13.9. The fraction of sp³-hybridized carbons (Fsp3) is 0.350. The highest BCUT2D eigenvalue weighted by Crippen LogP contribution is 2.34. The number of carboxylic acid groups (broad SMARTS) is 1. The molecule has 3 rings (SSSR count). The molecule has 2 aromatic carbocycles. The second-order valence-corrected chi connectivity index (χ2v) is 7.20. The van der Waals surface area contributed by atoms with Crippen LogP contribution >= 0.6 is 11.6 Å². The topological polar surface area (TPSA) is 43.8 Å². The van der Waals surface area contributed by atoms with Gasteiger partial charge in [0, 0.05) is 18.2 Å². The van der Waals surface area contributed by atoms with Crippen molar-refractivity contribution in [1.82, 2.24) is 4.90 Å². The predicted octanol–water partition coefficient (Wildman–Crippen LogP) is 5.25. The van der Waals surface area contributed by atoms with Gasteiger partial charge < -0.3 is 10.0 Å². The second kappa shape index (κ2) is 8.23. The van der Waals surface area contributed by atoms with E-state index in [0.717, 1.165) is 19.4 Å². The van der Waals surface area contributed by atoms with Gasteiger partial charge in [0.15, 0.2) is 0 Å². The van der Waals surface area contributed by atoms with E-state index in [1.54, 1.807) is 6.07 Å². The zero-order valence-electron chi connectivity index (χ0n) is 15.0. The molecule has 0 bridgehead atoms. The van der Waals surface area contributed by atoms with Crippen molar-refractivity contribution in [3.8, 4) is 11.1 Å². The third kappa shape index (κ3) is 4.39. The third-order valence-corrected chi connectivity index (χ3v) is 5.37. The van der Waals surface area contributed by atoms with Crippen LogP contribution in [0.1, 0.15) is 19.3 Å². The fourth-order valence-corrected chi connectivity index (χ4v) is 3.70. The second-order valence-electron chi connectivity index (χ2n) is 6.79. The molecule has 2 aromatic rings. The van der Waals surface area contributed by atoms with Crippen LogP contribution in [0.4, 0.5) is 19.3 Å². The third-order valence-electron chi connectivity index (χ3n) is 5.07. The van der Waals surface area contributed by atoms with Crippen molar-refractivity contribution in [2.45, 2.75) is 25.3 Å². The lowest BCUT2D eigenvalue weighted by atomic mass is 10.0. The van der Waals surface area contributed by atoms with Crippen molar-refractivity contribution in [2.75, 3.05) is 25.0 Å². The number of anilines is 1. The Morgan fingerprint density at radius 3 is 2.70 bits per heavy atom. The molecule has 1 atom stereocenters. The first-order valence-corrected chi connectivity index (χ1v) is 9.20. The highest BCUT2D eigenvalue weighted by atomic mass is 35.5. The van der Waals surface area contributed by atoms with E-state index in [1.807, 2.05) is 7.05 Å². The number of hydrogen-bond donors (Lipinski definition) is 1. The number of likely N-dealkylation sites (tertiary alicyclic amines) is 1. The van der Waals surface area contributed by atoms with Gasteiger partial charge in [0.25, 0.3) is 0 Å². The normalized spacial score (nSPS) is 17.3. The summed E-state index contributed by atoms with van der Waals surface area (Å²) in [5.41, 5.74) is 1.01. The Balaban J connectivity index is 1.94. The molecule has 1 fully saturated rings. The van der Waals surface area contributed by atoms with E-state index in [1.165, 1.54) is 35.2 Å². The van der Waals surface area contributed by atoms with E-state index in [9.17, 15) is 18.7 Å². The lowest BCUT2D eigenvalue weighted by Gasteiger charge is -2.26. The zero-order chi connectivity index (χ0) is 19.6. The van der Waals surface area contributed by atoms with Crippen LogP contribution in [0.3, 0.4) is 0 Å². The largest absolute Gasteiger partial charge is 0.465 e. The predicted molar refractivity (Wildman–Crippen MR) is 102 cm³/mol. The maximum absolute atomic E-state index is 13.9. The summed E-state index contributed by atoms with van der Waals surface area (Å²) in [6, 6.07) is 8.28. The molecule has 1 aliphatic rings. The van der Waals surface area contributed by atoms with Gasteiger partial charge in [-0.25, -0.2) is 13.6 Å². The molecule has 7 heteroatoms. The van der Waals surface area contributed by atoms with Gasteiger partial charge in [-0.3, -0.25) is 4.90 Å². The Morgan fingerprint density at radius 2 is 2.07 bits per heavy atom. The van der Waals surface area contributed by atoms with E-state index in [0.29, 0.717) is 29.3 Å². The first-order chi connectivity index (χ1) is 12.9. The first kappa shape index (κ1) is 19.6. The quantitative estimate of drug-likeness (QED) is 0.752. The lowest BCUT2D eigenvalue weighted by molar-refractivity contribution is 0.200. The van der Waals surface area contributed by atoms with Crippen LogP contribution in [-0.2, 0) is 0 Å². The van der Waals surface area contributed by atoms with Gasteiger partial charge in [0.2, 0.25) is 0 Å². The molecular formula is C20H21ClF2N2O2. The number of nitrogens with zero attached hydrogens (tertiary/aromatic N) is 2. The van der Waals surface area contributed by atoms with Gasteiger partial charge in [0.05, 0.1) is 10.7 Å². The van der Waals surface area contributed by atoms with Crippen molar-refractivity contribution in [3.63, 3.8) is 0 Å². The lowest BCUT2D eigenvalue weighted by Crippen LogP contribution is -2.35. The van der Waals surface area contributed by atoms with Crippen LogP contribution in [0.25, 0.3) is 11.1 Å². The number of benzene rings is 2. The summed E-state index contributed by atoms with van der Waals surface area (Å²) in [6.45, 7) is 1.28. The van der Waals surface area contributed by atoms with Crippen LogP contribution in [0, 0.1) is 11.6 Å². The average Bonchev–Trinajstić information content (AvgIpc) is 3.03. The Kier molecular flexibility index (Phi) is 5.97. The highest BCUT2D eigenvalue weighted by Gasteiger charge is 2.25. The fourth-order valence-electron chi connectivity index (χ4n) is 3.58. The summed E-state index contributed by atoms with van der Waals surface area (Å²) >= 11 is 5.73. The van der Waals surface area contributed by atoms with Crippen molar-refractivity contribution < 1.29 is 18.7 Å². The van der Waals surface area contributed by atoms with Crippen LogP contribution in [0.2, 0.25) is 5.02 Å². The van der Waals surface area contributed by atoms with Crippen LogP contribution in [-0.4, -0.2) is 42.3 Å². The summed E-state index contributed by atoms with van der Waals surface area (Å²) in [7, 11) is 2.03. The molecule has 27 heavy (non-hydrogen) atoms. The molecule has 1 N–H and O–H groups in total. The van der Waals surface area contributed by atoms with Gasteiger partial charge in [-0.2, -0.15) is 0 Å². The summed E-state index contributed by atoms with van der Waals surface area (Å²) in [5.74, 6) is -1.16. The summed E-state index contributed by atoms with van der Waals surface area (Å²) < 4.78 is 27.8. The maximum Gasteiger partial charge on any atom is 0.411 e. The standard InChI is InChI=1S/C20H21ClF2N2O2/c1-24-9-2-3-15(24)8-10-25(20(26)27)19-7-5-14(22)12-16(19)13-4-6-17(21)18(23)11-13/h4-7,11-12,15H,2-3,8-10H2,1H3,(H,26,27). The van der Waals surface area contributed by atoms with E-state index in [-0.39, 0.29) is 11.6 Å². The van der Waals surface area contributed by atoms with Gasteiger partial charge in [-0.15, -0.1) is 0 Å². The van der Waals surface area contributed by atoms with Gasteiger partial charge in [-0.05, 0) is 68.8 Å². The van der Waals surface area contributed by atoms with Gasteiger partial charge >= 0.3 is 6.09 Å². The SMILES string of the molecule is CN1CCCC1CCN(C(=O)O)c1ccc(F)cc1-c1ccc(Cl)c(F)c1. The van der Waals surface area contributed by atoms with E-state index in [2.05, 4.69) is 4.90 Å². The molecule has 1 heterocycles. The van der Waals surface area contributed by atoms with Crippen LogP contribution < -0.4 is 4.90 Å². The Labute approximate surface area is 162 Å². The molecular weight excluding hydrogens is 374 g/mol. The molecule has 4 nitrogen and oxygen atoms in total. The average molecular weight is 395 g/mol. The van der Waals surface area contributed by atoms with Crippen molar-refractivity contribution in [1.29, 1.82) is 0 Å². The van der Waals surface area contributed by atoms with Crippen molar-refractivity contribution >= 4 is 23.4 Å². The Bertz CT molecular complexity index is 847. The summed E-state index contributed by atoms with van der Waals surface area (Å²) in [5, 5.41) is 9.68. The molecule has 1 aliphatic heterocycles. The minimum atomic E-state index is -1.13. The molecule has 0 spiro atoms. The van der Waals surface area contributed by atoms with Gasteiger partial charge in [0.1, 0.15) is 11.6 Å². The molecule has 0 radical (unpaired) electrons. The van der Waals surface area contributed by atoms with E-state index >= 15 is 0 Å². The molecule has 0 aromatic heterocycles. The molecule has 144 valence electrons. The van der Waals surface area contributed by atoms with E-state index < -0.39 is 17.7 Å². The van der Waals surface area contributed by atoms with Gasteiger partial charge in [-0.1, -0.05) is 17.7 Å². The number of hydrogen-bond acceptors (Lipinski definition) is 2. The Hall–Kier alpha value is -2.18. The number of rotatable bonds is 5. The summed E-state index contributed by atoms with van der Waals surface area (Å²) in [6.07, 6.45) is 1.68. The van der Waals surface area contributed by atoms with Crippen LogP contribution in [0.15, 0.2) is 36.4 Å². The zero-order valence-corrected chi connectivity index (χ0v) is 15.7. The Morgan fingerprint density at radius 1 is 1.30 bits per heavy atom. The molecule has 0 aliphatic carbocycles. The number of halogens is 3. The molecule has 1 unspecified atom stereocenters. The minimum Gasteiger partial charge on any atom is -0.465 e. The summed E-state index contributed by atoms with van der Waals surface area (Å²) in [4.78, 5) is 15.3. The molecule has 1 amide bonds. The highest BCUT2D eigenvalue weighted by molar-refractivity contribution is 6.30. The first-order valence-electron chi connectivity index (χ1n) is 8.82. The molecule has 0 saturated carbocycles. The smallest absolute Gasteiger partial charge is 0.411 e. The number of carbonyl (C=O) groups is 1. The number of amides is 1. The van der Waals surface area contributed by atoms with Crippen molar-refractivity contribution in [3.05, 3.63) is 53.1 Å². The van der Waals surface area contributed by atoms with Crippen LogP contribution in [0.5, 0.6) is 0 Å².